The summed E-state index contributed by atoms with van der Waals surface area (Å²) in [7, 11) is 0. The molecule has 2 N–H and O–H groups in total. The molecule has 2 nitrogen and oxygen atoms in total. The van der Waals surface area contributed by atoms with Gasteiger partial charge in [-0.1, -0.05) is 0 Å². The fraction of sp³-hybridized carbons (Fsp3) is 1.00. The Hall–Kier alpha value is -0.0800. The van der Waals surface area contributed by atoms with Crippen molar-refractivity contribution in [1.82, 2.24) is 0 Å². The SMILES string of the molecule is CCO[C@H]1CCC[C@@H]1N. The van der Waals surface area contributed by atoms with Crippen LogP contribution in [0.25, 0.3) is 0 Å². The van der Waals surface area contributed by atoms with Crippen LogP contribution in [0.2, 0.25) is 0 Å². The summed E-state index contributed by atoms with van der Waals surface area (Å²) in [5.41, 5.74) is 5.74. The van der Waals surface area contributed by atoms with Crippen molar-refractivity contribution in [2.45, 2.75) is 38.3 Å². The quantitative estimate of drug-likeness (QED) is 0.601. The number of ether oxygens (including phenoxy) is 1. The van der Waals surface area contributed by atoms with Crippen molar-refractivity contribution in [3.05, 3.63) is 0 Å². The predicted octanol–water partition coefficient (Wildman–Crippen LogP) is 0.903. The minimum atomic E-state index is 0.310. The summed E-state index contributed by atoms with van der Waals surface area (Å²) in [6, 6.07) is 0.310. The van der Waals surface area contributed by atoms with Gasteiger partial charge in [-0.3, -0.25) is 0 Å². The molecule has 1 saturated carbocycles. The molecule has 0 aromatic rings. The molecule has 1 rings (SSSR count). The van der Waals surface area contributed by atoms with Crippen molar-refractivity contribution in [1.29, 1.82) is 0 Å². The van der Waals surface area contributed by atoms with Crippen LogP contribution in [0.3, 0.4) is 0 Å². The molecule has 1 aliphatic rings. The van der Waals surface area contributed by atoms with E-state index in [1.807, 2.05) is 6.92 Å². The van der Waals surface area contributed by atoms with Crippen molar-refractivity contribution < 1.29 is 4.74 Å². The van der Waals surface area contributed by atoms with Gasteiger partial charge in [0, 0.05) is 12.6 Å². The van der Waals surface area contributed by atoms with Gasteiger partial charge in [-0.05, 0) is 26.2 Å². The van der Waals surface area contributed by atoms with Gasteiger partial charge in [0.25, 0.3) is 0 Å². The van der Waals surface area contributed by atoms with Crippen LogP contribution in [-0.4, -0.2) is 18.8 Å². The Kier molecular flexibility index (Phi) is 2.49. The van der Waals surface area contributed by atoms with Crippen molar-refractivity contribution in [2.24, 2.45) is 5.73 Å². The second-order valence-corrected chi connectivity index (χ2v) is 2.59. The van der Waals surface area contributed by atoms with E-state index >= 15 is 0 Å². The summed E-state index contributed by atoms with van der Waals surface area (Å²) in [6.45, 7) is 2.82. The number of nitrogens with two attached hydrogens (primary N) is 1. The van der Waals surface area contributed by atoms with Gasteiger partial charge in [-0.25, -0.2) is 0 Å². The summed E-state index contributed by atoms with van der Waals surface area (Å²) in [5.74, 6) is 0. The van der Waals surface area contributed by atoms with Crippen molar-refractivity contribution >= 4 is 0 Å². The predicted molar refractivity (Wildman–Crippen MR) is 37.2 cm³/mol. The number of hydrogen-bond donors (Lipinski definition) is 1. The monoisotopic (exact) mass is 129 g/mol. The molecule has 0 spiro atoms. The Morgan fingerprint density at radius 2 is 2.33 bits per heavy atom. The molecule has 0 saturated heterocycles. The van der Waals surface area contributed by atoms with Crippen LogP contribution in [0.15, 0.2) is 0 Å². The molecule has 2 heteroatoms. The minimum absolute atomic E-state index is 0.310. The molecule has 0 aromatic carbocycles. The molecule has 0 bridgehead atoms. The van der Waals surface area contributed by atoms with E-state index < -0.39 is 0 Å². The molecule has 0 aromatic heterocycles. The average Bonchev–Trinajstić information content (AvgIpc) is 2.18. The van der Waals surface area contributed by atoms with Gasteiger partial charge in [-0.2, -0.15) is 0 Å². The lowest BCUT2D eigenvalue weighted by atomic mass is 10.2. The first kappa shape index (κ1) is 7.03. The Labute approximate surface area is 56.4 Å². The summed E-state index contributed by atoms with van der Waals surface area (Å²) in [4.78, 5) is 0. The third-order valence-electron chi connectivity index (χ3n) is 1.88. The second-order valence-electron chi connectivity index (χ2n) is 2.59. The van der Waals surface area contributed by atoms with Crippen LogP contribution < -0.4 is 5.73 Å². The Bertz CT molecular complexity index is 85.0. The second kappa shape index (κ2) is 3.18. The van der Waals surface area contributed by atoms with Crippen molar-refractivity contribution in [3.63, 3.8) is 0 Å². The van der Waals surface area contributed by atoms with Crippen LogP contribution in [-0.2, 0) is 4.74 Å². The fourth-order valence-electron chi connectivity index (χ4n) is 1.38. The standard InChI is InChI=1S/C7H15NO/c1-2-9-7-5-3-4-6(7)8/h6-7H,2-5,8H2,1H3/t6-,7-/m0/s1. The maximum Gasteiger partial charge on any atom is 0.0725 e. The van der Waals surface area contributed by atoms with E-state index in [2.05, 4.69) is 0 Å². The first-order chi connectivity index (χ1) is 4.34. The molecule has 0 aliphatic heterocycles. The normalized spacial score (nSPS) is 35.3. The van der Waals surface area contributed by atoms with Crippen molar-refractivity contribution in [2.75, 3.05) is 6.61 Å². The lowest BCUT2D eigenvalue weighted by Crippen LogP contribution is -2.31. The lowest BCUT2D eigenvalue weighted by molar-refractivity contribution is 0.0576. The van der Waals surface area contributed by atoms with Crippen LogP contribution in [0.5, 0.6) is 0 Å². The zero-order valence-electron chi connectivity index (χ0n) is 5.97. The highest BCUT2D eigenvalue weighted by atomic mass is 16.5. The molecular formula is C7H15NO. The van der Waals surface area contributed by atoms with E-state index in [0.29, 0.717) is 12.1 Å². The van der Waals surface area contributed by atoms with Gasteiger partial charge >= 0.3 is 0 Å². The molecule has 0 unspecified atom stereocenters. The van der Waals surface area contributed by atoms with E-state index in [-0.39, 0.29) is 0 Å². The summed E-state index contributed by atoms with van der Waals surface area (Å²) >= 11 is 0. The highest BCUT2D eigenvalue weighted by Gasteiger charge is 2.23. The van der Waals surface area contributed by atoms with E-state index in [0.717, 1.165) is 19.4 Å². The van der Waals surface area contributed by atoms with E-state index in [1.165, 1.54) is 6.42 Å². The van der Waals surface area contributed by atoms with Crippen LogP contribution >= 0.6 is 0 Å². The zero-order valence-corrected chi connectivity index (χ0v) is 5.97. The van der Waals surface area contributed by atoms with Crippen LogP contribution in [0.4, 0.5) is 0 Å². The molecule has 54 valence electrons. The largest absolute Gasteiger partial charge is 0.377 e. The maximum absolute atomic E-state index is 5.74. The molecule has 1 fully saturated rings. The molecule has 0 heterocycles. The van der Waals surface area contributed by atoms with Crippen LogP contribution in [0, 0.1) is 0 Å². The first-order valence-corrected chi connectivity index (χ1v) is 3.71. The molecule has 0 amide bonds. The summed E-state index contributed by atoms with van der Waals surface area (Å²) in [5, 5.41) is 0. The third-order valence-corrected chi connectivity index (χ3v) is 1.88. The zero-order chi connectivity index (χ0) is 6.69. The highest BCUT2D eigenvalue weighted by Crippen LogP contribution is 2.19. The molecular weight excluding hydrogens is 114 g/mol. The van der Waals surface area contributed by atoms with E-state index in [1.54, 1.807) is 0 Å². The van der Waals surface area contributed by atoms with E-state index in [9.17, 15) is 0 Å². The lowest BCUT2D eigenvalue weighted by Gasteiger charge is -2.14. The first-order valence-electron chi connectivity index (χ1n) is 3.71. The molecule has 0 radical (unpaired) electrons. The number of rotatable bonds is 2. The van der Waals surface area contributed by atoms with Gasteiger partial charge in [0.2, 0.25) is 0 Å². The smallest absolute Gasteiger partial charge is 0.0725 e. The van der Waals surface area contributed by atoms with Crippen molar-refractivity contribution in [3.8, 4) is 0 Å². The number of hydrogen-bond acceptors (Lipinski definition) is 2. The highest BCUT2D eigenvalue weighted by molar-refractivity contribution is 4.80. The Morgan fingerprint density at radius 1 is 1.56 bits per heavy atom. The topological polar surface area (TPSA) is 35.2 Å². The molecule has 1 aliphatic carbocycles. The van der Waals surface area contributed by atoms with Gasteiger partial charge in [0.15, 0.2) is 0 Å². The minimum Gasteiger partial charge on any atom is -0.377 e. The van der Waals surface area contributed by atoms with Gasteiger partial charge in [0.1, 0.15) is 0 Å². The van der Waals surface area contributed by atoms with Crippen LogP contribution in [0.1, 0.15) is 26.2 Å². The molecule has 2 atom stereocenters. The van der Waals surface area contributed by atoms with Gasteiger partial charge < -0.3 is 10.5 Å². The summed E-state index contributed by atoms with van der Waals surface area (Å²) < 4.78 is 5.39. The Morgan fingerprint density at radius 3 is 2.78 bits per heavy atom. The van der Waals surface area contributed by atoms with Gasteiger partial charge in [0.05, 0.1) is 6.10 Å². The maximum atomic E-state index is 5.74. The Balaban J connectivity index is 2.22. The van der Waals surface area contributed by atoms with E-state index in [4.69, 9.17) is 10.5 Å². The summed E-state index contributed by atoms with van der Waals surface area (Å²) in [6.07, 6.45) is 3.90. The fourth-order valence-corrected chi connectivity index (χ4v) is 1.38. The molecule has 9 heavy (non-hydrogen) atoms. The third kappa shape index (κ3) is 1.66. The van der Waals surface area contributed by atoms with Gasteiger partial charge in [-0.15, -0.1) is 0 Å². The average molecular weight is 129 g/mol.